The summed E-state index contributed by atoms with van der Waals surface area (Å²) in [6.07, 6.45) is -1.51. The quantitative estimate of drug-likeness (QED) is 0.676. The van der Waals surface area contributed by atoms with Crippen LogP contribution in [0.4, 0.5) is 4.79 Å². The van der Waals surface area contributed by atoms with Gasteiger partial charge in [0.1, 0.15) is 18.8 Å². The average Bonchev–Trinajstić information content (AvgIpc) is 3.03. The Morgan fingerprint density at radius 1 is 1.00 bits per heavy atom. The topological polar surface area (TPSA) is 102 Å². The second kappa shape index (κ2) is 8.98. The van der Waals surface area contributed by atoms with Crippen LogP contribution in [-0.4, -0.2) is 41.9 Å². The van der Waals surface area contributed by atoms with Gasteiger partial charge in [-0.15, -0.1) is 0 Å². The number of aliphatic carboxylic acids is 1. The maximum absolute atomic E-state index is 12.4. The van der Waals surface area contributed by atoms with Crippen molar-refractivity contribution in [2.24, 2.45) is 5.92 Å². The third-order valence-corrected chi connectivity index (χ3v) is 5.50. The summed E-state index contributed by atoms with van der Waals surface area (Å²) in [7, 11) is 0. The largest absolute Gasteiger partial charge is 0.480 e. The van der Waals surface area contributed by atoms with E-state index in [0.29, 0.717) is 0 Å². The van der Waals surface area contributed by atoms with E-state index in [2.05, 4.69) is 5.32 Å². The Morgan fingerprint density at radius 2 is 1.53 bits per heavy atom. The van der Waals surface area contributed by atoms with Crippen molar-refractivity contribution in [3.8, 4) is 11.1 Å². The first-order valence-corrected chi connectivity index (χ1v) is 9.81. The maximum atomic E-state index is 12.4. The van der Waals surface area contributed by atoms with E-state index in [0.717, 1.165) is 22.3 Å². The van der Waals surface area contributed by atoms with Crippen LogP contribution >= 0.6 is 0 Å². The third kappa shape index (κ3) is 4.45. The number of carbonyl (C=O) groups is 3. The molecule has 3 rings (SSSR count). The lowest BCUT2D eigenvalue weighted by Crippen LogP contribution is -2.49. The van der Waals surface area contributed by atoms with E-state index in [1.165, 1.54) is 6.92 Å². The van der Waals surface area contributed by atoms with Gasteiger partial charge in [0.2, 0.25) is 0 Å². The third-order valence-electron chi connectivity index (χ3n) is 5.50. The average molecular weight is 411 g/mol. The molecule has 0 aliphatic heterocycles. The fraction of sp³-hybridized carbons (Fsp3) is 0.348. The number of ether oxygens (including phenoxy) is 2. The minimum Gasteiger partial charge on any atom is -0.480 e. The van der Waals surface area contributed by atoms with Crippen molar-refractivity contribution in [2.45, 2.75) is 38.8 Å². The second-order valence-electron chi connectivity index (χ2n) is 7.46. The van der Waals surface area contributed by atoms with Crippen molar-refractivity contribution in [2.75, 3.05) is 6.61 Å². The molecule has 1 aliphatic carbocycles. The molecule has 0 radical (unpaired) electrons. The van der Waals surface area contributed by atoms with Crippen LogP contribution in [0.3, 0.4) is 0 Å². The zero-order chi connectivity index (χ0) is 21.8. The Bertz CT molecular complexity index is 911. The van der Waals surface area contributed by atoms with Gasteiger partial charge in [0, 0.05) is 18.8 Å². The number of hydrogen-bond donors (Lipinski definition) is 2. The molecule has 30 heavy (non-hydrogen) atoms. The number of benzene rings is 2. The Morgan fingerprint density at radius 3 is 2.03 bits per heavy atom. The van der Waals surface area contributed by atoms with Crippen LogP contribution in [0.2, 0.25) is 0 Å². The second-order valence-corrected chi connectivity index (χ2v) is 7.46. The summed E-state index contributed by atoms with van der Waals surface area (Å²) in [6.45, 7) is 4.51. The highest BCUT2D eigenvalue weighted by Crippen LogP contribution is 2.44. The lowest BCUT2D eigenvalue weighted by atomic mass is 9.96. The minimum absolute atomic E-state index is 0.0834. The molecule has 0 spiro atoms. The molecule has 1 unspecified atom stereocenters. The van der Waals surface area contributed by atoms with E-state index >= 15 is 0 Å². The predicted octanol–water partition coefficient (Wildman–Crippen LogP) is 3.57. The molecular weight excluding hydrogens is 386 g/mol. The monoisotopic (exact) mass is 411 g/mol. The lowest BCUT2D eigenvalue weighted by molar-refractivity contribution is -0.152. The Labute approximate surface area is 175 Å². The predicted molar refractivity (Wildman–Crippen MR) is 110 cm³/mol. The highest BCUT2D eigenvalue weighted by molar-refractivity contribution is 5.81. The normalized spacial score (nSPS) is 15.3. The molecule has 2 aromatic rings. The summed E-state index contributed by atoms with van der Waals surface area (Å²) < 4.78 is 10.5. The number of alkyl carbamates (subject to hydrolysis) is 1. The zero-order valence-corrected chi connectivity index (χ0v) is 17.1. The van der Waals surface area contributed by atoms with Crippen LogP contribution in [-0.2, 0) is 19.1 Å². The number of carboxylic acid groups (broad SMARTS) is 1. The molecule has 0 fully saturated rings. The molecule has 1 aliphatic rings. The molecule has 0 heterocycles. The lowest BCUT2D eigenvalue weighted by Gasteiger charge is -2.26. The molecule has 2 N–H and O–H groups in total. The van der Waals surface area contributed by atoms with Crippen LogP contribution in [0.15, 0.2) is 48.5 Å². The summed E-state index contributed by atoms with van der Waals surface area (Å²) in [5.41, 5.74) is 4.35. The Balaban J connectivity index is 1.68. The first kappa shape index (κ1) is 21.4. The van der Waals surface area contributed by atoms with Crippen molar-refractivity contribution in [1.82, 2.24) is 5.32 Å². The van der Waals surface area contributed by atoms with E-state index < -0.39 is 36.1 Å². The highest BCUT2D eigenvalue weighted by atomic mass is 16.6. The van der Waals surface area contributed by atoms with Gasteiger partial charge >= 0.3 is 18.0 Å². The van der Waals surface area contributed by atoms with E-state index in [1.807, 2.05) is 48.5 Å². The van der Waals surface area contributed by atoms with Gasteiger partial charge < -0.3 is 19.9 Å². The fourth-order valence-corrected chi connectivity index (χ4v) is 3.83. The first-order valence-electron chi connectivity index (χ1n) is 9.81. The van der Waals surface area contributed by atoms with Gasteiger partial charge in [-0.1, -0.05) is 55.5 Å². The van der Waals surface area contributed by atoms with E-state index in [1.54, 1.807) is 13.8 Å². The van der Waals surface area contributed by atoms with Crippen molar-refractivity contribution in [1.29, 1.82) is 0 Å². The van der Waals surface area contributed by atoms with Crippen molar-refractivity contribution in [3.05, 3.63) is 59.7 Å². The molecule has 7 heteroatoms. The number of nitrogens with one attached hydrogen (secondary N) is 1. The molecule has 0 aromatic heterocycles. The first-order chi connectivity index (χ1) is 14.3. The molecule has 2 aromatic carbocycles. The zero-order valence-electron chi connectivity index (χ0n) is 17.1. The van der Waals surface area contributed by atoms with Gasteiger partial charge in [-0.3, -0.25) is 4.79 Å². The molecule has 0 saturated heterocycles. The van der Waals surface area contributed by atoms with Crippen molar-refractivity contribution in [3.63, 3.8) is 0 Å². The van der Waals surface area contributed by atoms with Crippen molar-refractivity contribution >= 4 is 18.0 Å². The number of rotatable bonds is 7. The number of carboxylic acids is 1. The standard InChI is InChI=1S/C23H25NO6/c1-13(14(2)30-15(3)25)21(22(26)27)24-23(28)29-12-20-18-10-6-4-8-16(18)17-9-5-7-11-19(17)20/h4-11,13-14,20-21H,12H2,1-3H3,(H,24,28)(H,26,27)/t13-,14?,21-/m0/s1. The highest BCUT2D eigenvalue weighted by Gasteiger charge is 2.33. The number of carbonyl (C=O) groups excluding carboxylic acids is 2. The van der Waals surface area contributed by atoms with Gasteiger partial charge in [0.25, 0.3) is 0 Å². The summed E-state index contributed by atoms with van der Waals surface area (Å²) in [5, 5.41) is 11.9. The van der Waals surface area contributed by atoms with Gasteiger partial charge in [0.15, 0.2) is 0 Å². The number of esters is 1. The SMILES string of the molecule is CC(=O)OC(C)[C@H](C)[C@H](NC(=O)OCC1c2ccccc2-c2ccccc21)C(=O)O. The Hall–Kier alpha value is -3.35. The van der Waals surface area contributed by atoms with Gasteiger partial charge in [-0.2, -0.15) is 0 Å². The van der Waals surface area contributed by atoms with Crippen LogP contribution in [0, 0.1) is 5.92 Å². The summed E-state index contributed by atoms with van der Waals surface area (Å²) >= 11 is 0. The van der Waals surface area contributed by atoms with Crippen LogP contribution in [0.5, 0.6) is 0 Å². The molecular formula is C23H25NO6. The van der Waals surface area contributed by atoms with E-state index in [4.69, 9.17) is 9.47 Å². The molecule has 1 amide bonds. The van der Waals surface area contributed by atoms with Crippen molar-refractivity contribution < 1.29 is 29.0 Å². The smallest absolute Gasteiger partial charge is 0.407 e. The van der Waals surface area contributed by atoms with Gasteiger partial charge in [-0.25, -0.2) is 9.59 Å². The summed E-state index contributed by atoms with van der Waals surface area (Å²) in [6, 6.07) is 14.6. The molecule has 158 valence electrons. The molecule has 3 atom stereocenters. The fourth-order valence-electron chi connectivity index (χ4n) is 3.83. The Kier molecular flexibility index (Phi) is 6.40. The van der Waals surface area contributed by atoms with Crippen LogP contribution in [0.25, 0.3) is 11.1 Å². The van der Waals surface area contributed by atoms with Gasteiger partial charge in [-0.05, 0) is 29.2 Å². The number of hydrogen-bond acceptors (Lipinski definition) is 5. The van der Waals surface area contributed by atoms with Gasteiger partial charge in [0.05, 0.1) is 0 Å². The number of amides is 1. The molecule has 0 saturated carbocycles. The minimum atomic E-state index is -1.25. The molecule has 7 nitrogen and oxygen atoms in total. The summed E-state index contributed by atoms with van der Waals surface area (Å²) in [5.74, 6) is -2.51. The van der Waals surface area contributed by atoms with Crippen LogP contribution in [0.1, 0.15) is 37.8 Å². The van der Waals surface area contributed by atoms with Crippen LogP contribution < -0.4 is 5.32 Å². The summed E-state index contributed by atoms with van der Waals surface area (Å²) in [4.78, 5) is 35.2. The molecule has 0 bridgehead atoms. The van der Waals surface area contributed by atoms with E-state index in [9.17, 15) is 19.5 Å². The number of fused-ring (bicyclic) bond motifs is 3. The maximum Gasteiger partial charge on any atom is 0.407 e. The van der Waals surface area contributed by atoms with E-state index in [-0.39, 0.29) is 12.5 Å².